The zero-order chi connectivity index (χ0) is 16.8. The molecule has 7 heteroatoms. The van der Waals surface area contributed by atoms with E-state index in [9.17, 15) is 13.2 Å². The summed E-state index contributed by atoms with van der Waals surface area (Å²) in [5, 5.41) is 1.21. The van der Waals surface area contributed by atoms with Gasteiger partial charge in [-0.3, -0.25) is 0 Å². The van der Waals surface area contributed by atoms with E-state index in [4.69, 9.17) is 0 Å². The second-order valence-electron chi connectivity index (χ2n) is 6.03. The number of anilines is 1. The lowest BCUT2D eigenvalue weighted by atomic mass is 10.1. The first kappa shape index (κ1) is 19.1. The molecule has 0 fully saturated rings. The van der Waals surface area contributed by atoms with Gasteiger partial charge in [0.2, 0.25) is 0 Å². The molecule has 24 heavy (non-hydrogen) atoms. The number of alkyl halides is 3. The fourth-order valence-corrected chi connectivity index (χ4v) is 4.37. The van der Waals surface area contributed by atoms with Crippen molar-refractivity contribution in [1.82, 2.24) is 0 Å². The van der Waals surface area contributed by atoms with E-state index < -0.39 is 11.7 Å². The van der Waals surface area contributed by atoms with Gasteiger partial charge >= 0.3 is 11.3 Å². The first-order valence-electron chi connectivity index (χ1n) is 7.76. The summed E-state index contributed by atoms with van der Waals surface area (Å²) in [7, 11) is 0. The van der Waals surface area contributed by atoms with E-state index in [-0.39, 0.29) is 12.4 Å². The summed E-state index contributed by atoms with van der Waals surface area (Å²) in [5.74, 6) is 0. The standard InChI is InChI=1S/C17H20F3N2S.ClH/c1-4-15-12(3)22-9-11(2)21(16(22)23-15)10-13-5-7-14(8-6-13)17(18,19)20;/h5-8,11H,4,9-10H2,1-3H3;1H/q+1;/p-1. The van der Waals surface area contributed by atoms with Gasteiger partial charge in [0.05, 0.1) is 10.4 Å². The van der Waals surface area contributed by atoms with Gasteiger partial charge in [0.25, 0.3) is 0 Å². The van der Waals surface area contributed by atoms with Crippen LogP contribution in [-0.2, 0) is 25.7 Å². The number of rotatable bonds is 3. The molecule has 0 N–H and O–H groups in total. The third-order valence-electron chi connectivity index (χ3n) is 4.43. The van der Waals surface area contributed by atoms with Gasteiger partial charge < -0.3 is 12.4 Å². The van der Waals surface area contributed by atoms with E-state index in [1.165, 1.54) is 27.8 Å². The van der Waals surface area contributed by atoms with Crippen molar-refractivity contribution in [3.63, 3.8) is 0 Å². The van der Waals surface area contributed by atoms with Crippen LogP contribution in [0.25, 0.3) is 0 Å². The molecule has 0 radical (unpaired) electrons. The van der Waals surface area contributed by atoms with Gasteiger partial charge in [0.15, 0.2) is 0 Å². The summed E-state index contributed by atoms with van der Waals surface area (Å²) in [4.78, 5) is 3.67. The highest BCUT2D eigenvalue weighted by atomic mass is 35.5. The van der Waals surface area contributed by atoms with Gasteiger partial charge in [0.1, 0.15) is 24.8 Å². The van der Waals surface area contributed by atoms with E-state index in [0.29, 0.717) is 12.6 Å². The normalized spacial score (nSPS) is 16.9. The average molecular weight is 377 g/mol. The maximum atomic E-state index is 12.7. The minimum absolute atomic E-state index is 0. The summed E-state index contributed by atoms with van der Waals surface area (Å²) >= 11 is 1.80. The molecule has 1 aliphatic rings. The predicted octanol–water partition coefficient (Wildman–Crippen LogP) is 1.34. The Labute approximate surface area is 150 Å². The van der Waals surface area contributed by atoms with Crippen LogP contribution < -0.4 is 21.9 Å². The Morgan fingerprint density at radius 2 is 1.88 bits per heavy atom. The highest BCUT2D eigenvalue weighted by Crippen LogP contribution is 2.33. The van der Waals surface area contributed by atoms with Crippen molar-refractivity contribution in [2.24, 2.45) is 0 Å². The molecule has 0 saturated heterocycles. The molecule has 0 spiro atoms. The Kier molecular flexibility index (Phi) is 5.50. The first-order chi connectivity index (χ1) is 10.8. The Balaban J connectivity index is 0.00000208. The van der Waals surface area contributed by atoms with Crippen molar-refractivity contribution in [3.8, 4) is 0 Å². The van der Waals surface area contributed by atoms with Crippen LogP contribution in [-0.4, -0.2) is 6.04 Å². The third kappa shape index (κ3) is 3.40. The molecule has 0 bridgehead atoms. The highest BCUT2D eigenvalue weighted by molar-refractivity contribution is 7.15. The molecule has 3 rings (SSSR count). The van der Waals surface area contributed by atoms with Crippen LogP contribution in [0.5, 0.6) is 0 Å². The molecule has 2 nitrogen and oxygen atoms in total. The quantitative estimate of drug-likeness (QED) is 0.733. The summed E-state index contributed by atoms with van der Waals surface area (Å²) < 4.78 is 40.3. The van der Waals surface area contributed by atoms with Crippen molar-refractivity contribution in [2.45, 2.75) is 52.5 Å². The van der Waals surface area contributed by atoms with Crippen molar-refractivity contribution in [1.29, 1.82) is 0 Å². The zero-order valence-electron chi connectivity index (χ0n) is 13.8. The van der Waals surface area contributed by atoms with Crippen LogP contribution in [0, 0.1) is 6.92 Å². The van der Waals surface area contributed by atoms with Gasteiger partial charge in [-0.15, -0.1) is 0 Å². The van der Waals surface area contributed by atoms with Crippen LogP contribution in [0.3, 0.4) is 0 Å². The second kappa shape index (κ2) is 6.92. The number of benzene rings is 1. The molecule has 0 amide bonds. The van der Waals surface area contributed by atoms with E-state index in [0.717, 1.165) is 18.5 Å². The number of fused-ring (bicyclic) bond motifs is 1. The summed E-state index contributed by atoms with van der Waals surface area (Å²) in [6.45, 7) is 8.04. The Morgan fingerprint density at radius 3 is 2.42 bits per heavy atom. The third-order valence-corrected chi connectivity index (χ3v) is 5.90. The average Bonchev–Trinajstić information content (AvgIpc) is 2.96. The smallest absolute Gasteiger partial charge is 0.416 e. The molecule has 1 aliphatic heterocycles. The monoisotopic (exact) mass is 376 g/mol. The van der Waals surface area contributed by atoms with Gasteiger partial charge in [-0.25, -0.2) is 9.47 Å². The van der Waals surface area contributed by atoms with Crippen LogP contribution in [0.4, 0.5) is 18.3 Å². The largest absolute Gasteiger partial charge is 1.00 e. The molecule has 0 aliphatic carbocycles. The number of aromatic nitrogens is 1. The molecule has 1 unspecified atom stereocenters. The summed E-state index contributed by atoms with van der Waals surface area (Å²) in [5.41, 5.74) is 1.63. The van der Waals surface area contributed by atoms with Crippen LogP contribution in [0.15, 0.2) is 24.3 Å². The lowest BCUT2D eigenvalue weighted by Gasteiger charge is -2.15. The van der Waals surface area contributed by atoms with Gasteiger partial charge in [0, 0.05) is 0 Å². The number of thiazole rings is 1. The van der Waals surface area contributed by atoms with Gasteiger partial charge in [-0.2, -0.15) is 13.2 Å². The Morgan fingerprint density at radius 1 is 1.25 bits per heavy atom. The molecule has 132 valence electrons. The molecule has 2 aromatic rings. The molecule has 1 aromatic heterocycles. The van der Waals surface area contributed by atoms with E-state index >= 15 is 0 Å². The van der Waals surface area contributed by atoms with Crippen molar-refractivity contribution in [3.05, 3.63) is 46.0 Å². The number of hydrogen-bond acceptors (Lipinski definition) is 2. The molecule has 2 heterocycles. The lowest BCUT2D eigenvalue weighted by Crippen LogP contribution is -3.00. The number of nitrogens with zero attached hydrogens (tertiary/aromatic N) is 2. The Bertz CT molecular complexity index is 710. The first-order valence-corrected chi connectivity index (χ1v) is 8.57. The fourth-order valence-electron chi connectivity index (χ4n) is 3.06. The maximum absolute atomic E-state index is 12.7. The lowest BCUT2D eigenvalue weighted by molar-refractivity contribution is -0.676. The number of hydrogen-bond donors (Lipinski definition) is 0. The molecular formula is C17H20ClF3N2S. The number of halogens is 4. The minimum Gasteiger partial charge on any atom is -1.00 e. The summed E-state index contributed by atoms with van der Waals surface area (Å²) in [6, 6.07) is 5.86. The SMILES string of the molecule is CCc1sc2[n+](c1C)CC(C)N2Cc1ccc(C(F)(F)F)cc1.[Cl-]. The van der Waals surface area contributed by atoms with Crippen molar-refractivity contribution in [2.75, 3.05) is 4.90 Å². The number of aryl methyl sites for hydroxylation is 1. The predicted molar refractivity (Wildman–Crippen MR) is 85.7 cm³/mol. The van der Waals surface area contributed by atoms with E-state index in [1.54, 1.807) is 23.5 Å². The van der Waals surface area contributed by atoms with Crippen LogP contribution >= 0.6 is 11.3 Å². The van der Waals surface area contributed by atoms with Crippen LogP contribution in [0.2, 0.25) is 0 Å². The summed E-state index contributed by atoms with van der Waals surface area (Å²) in [6.07, 6.45) is -3.26. The van der Waals surface area contributed by atoms with Crippen LogP contribution in [0.1, 0.15) is 35.5 Å². The maximum Gasteiger partial charge on any atom is 0.416 e. The fraction of sp³-hybridized carbons (Fsp3) is 0.471. The second-order valence-corrected chi connectivity index (χ2v) is 7.09. The molecule has 0 saturated carbocycles. The van der Waals surface area contributed by atoms with E-state index in [2.05, 4.69) is 30.2 Å². The molecular weight excluding hydrogens is 357 g/mol. The topological polar surface area (TPSA) is 7.12 Å². The van der Waals surface area contributed by atoms with E-state index in [1.807, 2.05) is 0 Å². The van der Waals surface area contributed by atoms with Gasteiger partial charge in [-0.05, 0) is 38.0 Å². The zero-order valence-corrected chi connectivity index (χ0v) is 15.4. The van der Waals surface area contributed by atoms with Gasteiger partial charge in [-0.1, -0.05) is 30.4 Å². The Hall–Kier alpha value is -1.27. The molecule has 1 aromatic carbocycles. The minimum atomic E-state index is -4.27. The molecule has 1 atom stereocenters. The van der Waals surface area contributed by atoms with Crippen molar-refractivity contribution < 1.29 is 30.1 Å². The highest BCUT2D eigenvalue weighted by Gasteiger charge is 2.39. The van der Waals surface area contributed by atoms with Crippen molar-refractivity contribution >= 4 is 16.5 Å².